The van der Waals surface area contributed by atoms with Gasteiger partial charge < -0.3 is 19.7 Å². The van der Waals surface area contributed by atoms with Gasteiger partial charge in [0.15, 0.2) is 5.96 Å². The van der Waals surface area contributed by atoms with Gasteiger partial charge in [-0.05, 0) is 29.8 Å². The standard InChI is InChI=1S/C20H27N5/c1-21-20(24(3)16-19-10-7-11-23(19)2)22-15-17-8-6-9-18(14-17)25-12-4-5-13-25/h4-11,14H,12-13,15-16H2,1-3H3,(H,21,22). The van der Waals surface area contributed by atoms with Crippen molar-refractivity contribution in [3.63, 3.8) is 0 Å². The zero-order chi connectivity index (χ0) is 17.6. The van der Waals surface area contributed by atoms with Gasteiger partial charge in [0.25, 0.3) is 0 Å². The SMILES string of the molecule is CN=C(NCc1cccc(N2CC=CC2)c1)N(C)Cc1cccn1C. The van der Waals surface area contributed by atoms with Crippen molar-refractivity contribution >= 4 is 11.6 Å². The minimum absolute atomic E-state index is 0.763. The number of rotatable bonds is 5. The van der Waals surface area contributed by atoms with Crippen molar-refractivity contribution in [3.8, 4) is 0 Å². The minimum Gasteiger partial charge on any atom is -0.364 e. The van der Waals surface area contributed by atoms with Crippen LogP contribution in [0.5, 0.6) is 0 Å². The van der Waals surface area contributed by atoms with E-state index >= 15 is 0 Å². The predicted octanol–water partition coefficient (Wildman–Crippen LogP) is 2.61. The van der Waals surface area contributed by atoms with Crippen LogP contribution in [0.15, 0.2) is 59.7 Å². The van der Waals surface area contributed by atoms with E-state index in [9.17, 15) is 0 Å². The molecule has 0 saturated heterocycles. The van der Waals surface area contributed by atoms with Crippen LogP contribution in [0.1, 0.15) is 11.3 Å². The lowest BCUT2D eigenvalue weighted by Crippen LogP contribution is -2.38. The molecule has 0 atom stereocenters. The molecule has 5 heteroatoms. The number of guanidine groups is 1. The third-order valence-electron chi connectivity index (χ3n) is 4.57. The third kappa shape index (κ3) is 4.24. The fourth-order valence-corrected chi connectivity index (χ4v) is 3.10. The lowest BCUT2D eigenvalue weighted by molar-refractivity contribution is 0.461. The summed E-state index contributed by atoms with van der Waals surface area (Å²) in [6, 6.07) is 12.9. The highest BCUT2D eigenvalue weighted by Crippen LogP contribution is 2.18. The Kier molecular flexibility index (Phi) is 5.43. The quantitative estimate of drug-likeness (QED) is 0.518. The normalized spacial score (nSPS) is 14.2. The van der Waals surface area contributed by atoms with E-state index in [2.05, 4.69) is 93.5 Å². The number of hydrogen-bond acceptors (Lipinski definition) is 2. The largest absolute Gasteiger partial charge is 0.364 e. The maximum Gasteiger partial charge on any atom is 0.194 e. The fourth-order valence-electron chi connectivity index (χ4n) is 3.10. The monoisotopic (exact) mass is 337 g/mol. The van der Waals surface area contributed by atoms with Gasteiger partial charge >= 0.3 is 0 Å². The smallest absolute Gasteiger partial charge is 0.194 e. The van der Waals surface area contributed by atoms with Crippen LogP contribution in [-0.4, -0.2) is 42.6 Å². The number of nitrogens with one attached hydrogen (secondary N) is 1. The Hall–Kier alpha value is -2.69. The molecule has 1 aromatic heterocycles. The third-order valence-corrected chi connectivity index (χ3v) is 4.57. The maximum absolute atomic E-state index is 4.41. The van der Waals surface area contributed by atoms with Gasteiger partial charge in [-0.2, -0.15) is 0 Å². The van der Waals surface area contributed by atoms with E-state index in [-0.39, 0.29) is 0 Å². The van der Waals surface area contributed by atoms with Gasteiger partial charge in [-0.25, -0.2) is 0 Å². The van der Waals surface area contributed by atoms with Crippen molar-refractivity contribution in [2.45, 2.75) is 13.1 Å². The van der Waals surface area contributed by atoms with Crippen LogP contribution < -0.4 is 10.2 Å². The number of hydrogen-bond donors (Lipinski definition) is 1. The molecule has 25 heavy (non-hydrogen) atoms. The van der Waals surface area contributed by atoms with E-state index in [1.807, 2.05) is 7.05 Å². The first-order chi connectivity index (χ1) is 12.2. The summed E-state index contributed by atoms with van der Waals surface area (Å²) < 4.78 is 2.14. The van der Waals surface area contributed by atoms with Gasteiger partial charge in [-0.15, -0.1) is 0 Å². The van der Waals surface area contributed by atoms with Crippen molar-refractivity contribution < 1.29 is 0 Å². The summed E-state index contributed by atoms with van der Waals surface area (Å²) in [5.41, 5.74) is 3.79. The Bertz CT molecular complexity index is 751. The van der Waals surface area contributed by atoms with Crippen molar-refractivity contribution in [1.82, 2.24) is 14.8 Å². The first-order valence-electron chi connectivity index (χ1n) is 8.68. The Morgan fingerprint density at radius 3 is 2.68 bits per heavy atom. The Balaban J connectivity index is 1.59. The molecular weight excluding hydrogens is 310 g/mol. The predicted molar refractivity (Wildman–Crippen MR) is 105 cm³/mol. The molecule has 5 nitrogen and oxygen atoms in total. The minimum atomic E-state index is 0.763. The lowest BCUT2D eigenvalue weighted by atomic mass is 10.2. The van der Waals surface area contributed by atoms with Gasteiger partial charge in [-0.1, -0.05) is 24.3 Å². The summed E-state index contributed by atoms with van der Waals surface area (Å²) in [6.07, 6.45) is 6.49. The molecule has 0 unspecified atom stereocenters. The van der Waals surface area contributed by atoms with Crippen LogP contribution in [0.2, 0.25) is 0 Å². The molecule has 0 bridgehead atoms. The topological polar surface area (TPSA) is 35.8 Å². The van der Waals surface area contributed by atoms with E-state index < -0.39 is 0 Å². The average Bonchev–Trinajstić information content (AvgIpc) is 3.28. The fraction of sp³-hybridized carbons (Fsp3) is 0.350. The molecule has 132 valence electrons. The van der Waals surface area contributed by atoms with E-state index in [0.717, 1.165) is 32.1 Å². The maximum atomic E-state index is 4.41. The van der Waals surface area contributed by atoms with Crippen LogP contribution in [0.3, 0.4) is 0 Å². The summed E-state index contributed by atoms with van der Waals surface area (Å²) >= 11 is 0. The highest BCUT2D eigenvalue weighted by atomic mass is 15.3. The van der Waals surface area contributed by atoms with Gasteiger partial charge in [0, 0.05) is 58.4 Å². The first-order valence-corrected chi connectivity index (χ1v) is 8.68. The number of benzene rings is 1. The van der Waals surface area contributed by atoms with Crippen molar-refractivity contribution in [3.05, 3.63) is 66.0 Å². The van der Waals surface area contributed by atoms with Crippen molar-refractivity contribution in [1.29, 1.82) is 0 Å². The van der Waals surface area contributed by atoms with E-state index in [4.69, 9.17) is 0 Å². The molecule has 0 fully saturated rings. The first kappa shape index (κ1) is 17.1. The second kappa shape index (κ2) is 7.92. The highest BCUT2D eigenvalue weighted by molar-refractivity contribution is 5.79. The highest BCUT2D eigenvalue weighted by Gasteiger charge is 2.10. The second-order valence-electron chi connectivity index (χ2n) is 6.41. The number of anilines is 1. The van der Waals surface area contributed by atoms with E-state index in [0.29, 0.717) is 0 Å². The molecule has 1 N–H and O–H groups in total. The van der Waals surface area contributed by atoms with Crippen molar-refractivity contribution in [2.75, 3.05) is 32.1 Å². The van der Waals surface area contributed by atoms with E-state index in [1.165, 1.54) is 16.9 Å². The zero-order valence-electron chi connectivity index (χ0n) is 15.3. The number of aryl methyl sites for hydroxylation is 1. The van der Waals surface area contributed by atoms with Crippen LogP contribution in [-0.2, 0) is 20.1 Å². The summed E-state index contributed by atoms with van der Waals surface area (Å²) in [5.74, 6) is 0.898. The molecule has 1 aliphatic rings. The summed E-state index contributed by atoms with van der Waals surface area (Å²) in [4.78, 5) is 8.92. The molecule has 0 spiro atoms. The lowest BCUT2D eigenvalue weighted by Gasteiger charge is -2.23. The molecule has 3 rings (SSSR count). The van der Waals surface area contributed by atoms with Gasteiger partial charge in [-0.3, -0.25) is 4.99 Å². The van der Waals surface area contributed by atoms with E-state index in [1.54, 1.807) is 0 Å². The Labute approximate surface area is 150 Å². The average molecular weight is 337 g/mol. The van der Waals surface area contributed by atoms with Gasteiger partial charge in [0.2, 0.25) is 0 Å². The second-order valence-corrected chi connectivity index (χ2v) is 6.41. The van der Waals surface area contributed by atoms with Crippen LogP contribution in [0, 0.1) is 0 Å². The molecule has 1 aliphatic heterocycles. The molecule has 0 radical (unpaired) electrons. The number of aliphatic imine (C=N–C) groups is 1. The molecule has 1 aromatic carbocycles. The zero-order valence-corrected chi connectivity index (χ0v) is 15.3. The van der Waals surface area contributed by atoms with Crippen LogP contribution >= 0.6 is 0 Å². The van der Waals surface area contributed by atoms with Crippen LogP contribution in [0.4, 0.5) is 5.69 Å². The summed E-state index contributed by atoms with van der Waals surface area (Å²) in [7, 11) is 5.96. The summed E-state index contributed by atoms with van der Waals surface area (Å²) in [6.45, 7) is 3.58. The molecule has 2 aromatic rings. The molecule has 0 saturated carbocycles. The molecular formula is C20H27N5. The number of aromatic nitrogens is 1. The Morgan fingerprint density at radius 2 is 2.00 bits per heavy atom. The number of nitrogens with zero attached hydrogens (tertiary/aromatic N) is 4. The Morgan fingerprint density at radius 1 is 1.20 bits per heavy atom. The van der Waals surface area contributed by atoms with Gasteiger partial charge in [0.1, 0.15) is 0 Å². The molecule has 2 heterocycles. The van der Waals surface area contributed by atoms with Crippen LogP contribution in [0.25, 0.3) is 0 Å². The van der Waals surface area contributed by atoms with Crippen molar-refractivity contribution in [2.24, 2.45) is 12.0 Å². The van der Waals surface area contributed by atoms with Gasteiger partial charge in [0.05, 0.1) is 6.54 Å². The molecule has 0 aliphatic carbocycles. The molecule has 0 amide bonds. The summed E-state index contributed by atoms with van der Waals surface area (Å²) in [5, 5.41) is 3.47.